The van der Waals surface area contributed by atoms with Crippen LogP contribution in [0.3, 0.4) is 0 Å². The lowest BCUT2D eigenvalue weighted by Gasteiger charge is -2.17. The number of hydrogen-bond donors (Lipinski definition) is 0. The maximum atomic E-state index is 3.46. The van der Waals surface area contributed by atoms with Gasteiger partial charge in [-0.3, -0.25) is 0 Å². The third-order valence-corrected chi connectivity index (χ3v) is 2.87. The quantitative estimate of drug-likeness (QED) is 0.432. The van der Waals surface area contributed by atoms with E-state index >= 15 is 0 Å². The highest BCUT2D eigenvalue weighted by Crippen LogP contribution is 2.22. The molecule has 0 aliphatic rings. The molecule has 0 unspecified atom stereocenters. The molecule has 0 spiro atoms. The van der Waals surface area contributed by atoms with Crippen molar-refractivity contribution in [2.75, 3.05) is 5.33 Å². The van der Waals surface area contributed by atoms with Crippen molar-refractivity contribution >= 4 is 15.9 Å². The molecule has 0 aromatic carbocycles. The lowest BCUT2D eigenvalue weighted by molar-refractivity contribution is 0.356. The van der Waals surface area contributed by atoms with Crippen LogP contribution >= 0.6 is 15.9 Å². The van der Waals surface area contributed by atoms with E-state index in [0.29, 0.717) is 5.41 Å². The molecule has 0 bridgehead atoms. The molecule has 0 saturated carbocycles. The van der Waals surface area contributed by atoms with Crippen LogP contribution in [-0.4, -0.2) is 5.33 Å². The summed E-state index contributed by atoms with van der Waals surface area (Å²) in [6.07, 6.45) is 9.83. The molecule has 80 valence electrons. The van der Waals surface area contributed by atoms with Gasteiger partial charge in [-0.1, -0.05) is 68.8 Å². The minimum Gasteiger partial charge on any atom is -0.0928 e. The van der Waals surface area contributed by atoms with Gasteiger partial charge in [0.2, 0.25) is 0 Å². The van der Waals surface area contributed by atoms with Crippen LogP contribution in [0.4, 0.5) is 0 Å². The Balaban J connectivity index is 3.00. The third kappa shape index (κ3) is 12.5. The van der Waals surface area contributed by atoms with Gasteiger partial charge in [0.1, 0.15) is 0 Å². The largest absolute Gasteiger partial charge is 0.0928 e. The maximum absolute atomic E-state index is 3.46. The average molecular weight is 249 g/mol. The van der Waals surface area contributed by atoms with Crippen LogP contribution in [0, 0.1) is 5.41 Å². The van der Waals surface area contributed by atoms with E-state index in [9.17, 15) is 0 Å². The van der Waals surface area contributed by atoms with E-state index in [0.717, 1.165) is 0 Å². The van der Waals surface area contributed by atoms with E-state index in [-0.39, 0.29) is 0 Å². The standard InChI is InChI=1S/C12H25Br/c1-12(2,3)10-8-6-4-5-7-9-11-13/h4-11H2,1-3H3. The number of hydrogen-bond acceptors (Lipinski definition) is 0. The van der Waals surface area contributed by atoms with Crippen molar-refractivity contribution in [3.05, 3.63) is 0 Å². The monoisotopic (exact) mass is 248 g/mol. The van der Waals surface area contributed by atoms with Crippen LogP contribution in [0.25, 0.3) is 0 Å². The van der Waals surface area contributed by atoms with Gasteiger partial charge >= 0.3 is 0 Å². The first-order chi connectivity index (χ1) is 6.06. The summed E-state index contributed by atoms with van der Waals surface area (Å²) in [4.78, 5) is 0. The lowest BCUT2D eigenvalue weighted by Crippen LogP contribution is -2.03. The summed E-state index contributed by atoms with van der Waals surface area (Å²) in [5.74, 6) is 0. The van der Waals surface area contributed by atoms with Crippen LogP contribution in [0.2, 0.25) is 0 Å². The van der Waals surface area contributed by atoms with Crippen molar-refractivity contribution in [2.45, 2.75) is 65.7 Å². The minimum absolute atomic E-state index is 0.538. The van der Waals surface area contributed by atoms with Gasteiger partial charge in [0.25, 0.3) is 0 Å². The Morgan fingerprint density at radius 1 is 0.769 bits per heavy atom. The second-order valence-electron chi connectivity index (χ2n) is 5.12. The molecule has 0 aromatic rings. The molecular formula is C12H25Br. The number of rotatable bonds is 7. The third-order valence-electron chi connectivity index (χ3n) is 2.31. The van der Waals surface area contributed by atoms with Crippen LogP contribution in [0.15, 0.2) is 0 Å². The summed E-state index contributed by atoms with van der Waals surface area (Å²) >= 11 is 3.46. The fraction of sp³-hybridized carbons (Fsp3) is 1.00. The first-order valence-corrected chi connectivity index (χ1v) is 6.74. The average Bonchev–Trinajstić information content (AvgIpc) is 2.01. The SMILES string of the molecule is CC(C)(C)CCCCCCCCBr. The predicted molar refractivity (Wildman–Crippen MR) is 65.6 cm³/mol. The lowest BCUT2D eigenvalue weighted by atomic mass is 9.89. The van der Waals surface area contributed by atoms with Gasteiger partial charge in [-0.25, -0.2) is 0 Å². The molecule has 0 N–H and O–H groups in total. The fourth-order valence-electron chi connectivity index (χ4n) is 1.46. The van der Waals surface area contributed by atoms with E-state index in [2.05, 4.69) is 36.7 Å². The van der Waals surface area contributed by atoms with Crippen LogP contribution in [0.1, 0.15) is 65.7 Å². The van der Waals surface area contributed by atoms with Gasteiger partial charge in [-0.2, -0.15) is 0 Å². The first kappa shape index (κ1) is 13.5. The molecule has 0 saturated heterocycles. The minimum atomic E-state index is 0.538. The molecule has 0 aliphatic carbocycles. The van der Waals surface area contributed by atoms with Gasteiger partial charge in [-0.15, -0.1) is 0 Å². The predicted octanol–water partition coefficient (Wildman–Crippen LogP) is 5.16. The van der Waals surface area contributed by atoms with Crippen LogP contribution in [0.5, 0.6) is 0 Å². The topological polar surface area (TPSA) is 0 Å². The first-order valence-electron chi connectivity index (χ1n) is 5.62. The summed E-state index contributed by atoms with van der Waals surface area (Å²) < 4.78 is 0. The number of alkyl halides is 1. The van der Waals surface area contributed by atoms with Gasteiger partial charge in [-0.05, 0) is 18.3 Å². The molecule has 0 nitrogen and oxygen atoms in total. The molecule has 0 aromatic heterocycles. The van der Waals surface area contributed by atoms with Crippen molar-refractivity contribution < 1.29 is 0 Å². The Hall–Kier alpha value is 0.480. The Morgan fingerprint density at radius 2 is 1.23 bits per heavy atom. The second-order valence-corrected chi connectivity index (χ2v) is 5.91. The molecule has 0 rings (SSSR count). The van der Waals surface area contributed by atoms with E-state index < -0.39 is 0 Å². The molecule has 0 aliphatic heterocycles. The number of unbranched alkanes of at least 4 members (excludes halogenated alkanes) is 5. The van der Waals surface area contributed by atoms with Crippen molar-refractivity contribution in [3.8, 4) is 0 Å². The molecule has 0 heterocycles. The van der Waals surface area contributed by atoms with Crippen molar-refractivity contribution in [1.82, 2.24) is 0 Å². The number of halogens is 1. The Bertz CT molecular complexity index is 102. The molecule has 0 amide bonds. The summed E-state index contributed by atoms with van der Waals surface area (Å²) in [7, 11) is 0. The van der Waals surface area contributed by atoms with Gasteiger partial charge in [0, 0.05) is 5.33 Å². The zero-order valence-electron chi connectivity index (χ0n) is 9.53. The zero-order valence-corrected chi connectivity index (χ0v) is 11.1. The summed E-state index contributed by atoms with van der Waals surface area (Å²) in [5.41, 5.74) is 0.538. The van der Waals surface area contributed by atoms with Crippen molar-refractivity contribution in [2.24, 2.45) is 5.41 Å². The normalized spacial score (nSPS) is 12.0. The second kappa shape index (κ2) is 7.84. The van der Waals surface area contributed by atoms with E-state index in [1.165, 1.54) is 50.3 Å². The smallest absolute Gasteiger partial charge is 0.00313 e. The molecule has 0 atom stereocenters. The molecule has 1 heteroatoms. The molecule has 0 radical (unpaired) electrons. The van der Waals surface area contributed by atoms with Gasteiger partial charge < -0.3 is 0 Å². The maximum Gasteiger partial charge on any atom is 0.00313 e. The summed E-state index contributed by atoms with van der Waals surface area (Å²) in [6.45, 7) is 6.99. The Morgan fingerprint density at radius 3 is 1.69 bits per heavy atom. The zero-order chi connectivity index (χ0) is 10.2. The van der Waals surface area contributed by atoms with Crippen molar-refractivity contribution in [1.29, 1.82) is 0 Å². The summed E-state index contributed by atoms with van der Waals surface area (Å²) in [5, 5.41) is 1.18. The Labute approximate surface area is 92.6 Å². The van der Waals surface area contributed by atoms with E-state index in [4.69, 9.17) is 0 Å². The van der Waals surface area contributed by atoms with Gasteiger partial charge in [0.15, 0.2) is 0 Å². The fourth-order valence-corrected chi connectivity index (χ4v) is 1.85. The van der Waals surface area contributed by atoms with Crippen molar-refractivity contribution in [3.63, 3.8) is 0 Å². The van der Waals surface area contributed by atoms with E-state index in [1.54, 1.807) is 0 Å². The van der Waals surface area contributed by atoms with Crippen LogP contribution < -0.4 is 0 Å². The Kier molecular flexibility index (Phi) is 8.13. The van der Waals surface area contributed by atoms with Crippen LogP contribution in [-0.2, 0) is 0 Å². The van der Waals surface area contributed by atoms with Gasteiger partial charge in [0.05, 0.1) is 0 Å². The highest BCUT2D eigenvalue weighted by atomic mass is 79.9. The molecule has 0 fully saturated rings. The molecular weight excluding hydrogens is 224 g/mol. The van der Waals surface area contributed by atoms with E-state index in [1.807, 2.05) is 0 Å². The highest BCUT2D eigenvalue weighted by Gasteiger charge is 2.08. The highest BCUT2D eigenvalue weighted by molar-refractivity contribution is 9.09. The summed E-state index contributed by atoms with van der Waals surface area (Å²) in [6, 6.07) is 0. The molecule has 13 heavy (non-hydrogen) atoms.